The first-order chi connectivity index (χ1) is 9.19. The highest BCUT2D eigenvalue weighted by Gasteiger charge is 2.20. The molecule has 6 heteroatoms. The van der Waals surface area contributed by atoms with E-state index in [0.717, 1.165) is 5.56 Å². The first kappa shape index (κ1) is 17.4. The zero-order valence-electron chi connectivity index (χ0n) is 12.4. The van der Waals surface area contributed by atoms with Crippen molar-refractivity contribution in [1.82, 2.24) is 4.72 Å². The van der Waals surface area contributed by atoms with Crippen molar-refractivity contribution in [2.45, 2.75) is 39.1 Å². The lowest BCUT2D eigenvalue weighted by Crippen LogP contribution is -2.31. The normalized spacial score (nSPS) is 13.8. The molecule has 0 saturated carbocycles. The quantitative estimate of drug-likeness (QED) is 0.847. The Morgan fingerprint density at radius 3 is 2.40 bits per heavy atom. The van der Waals surface area contributed by atoms with Crippen molar-refractivity contribution in [3.05, 3.63) is 28.3 Å². The van der Waals surface area contributed by atoms with Gasteiger partial charge in [0.2, 0.25) is 10.0 Å². The third-order valence-corrected chi connectivity index (χ3v) is 5.44. The molecule has 0 bridgehead atoms. The number of nitrogens with one attached hydrogen (secondary N) is 1. The van der Waals surface area contributed by atoms with E-state index in [2.05, 4.69) is 18.6 Å². The van der Waals surface area contributed by atoms with Gasteiger partial charge in [-0.1, -0.05) is 32.4 Å². The van der Waals surface area contributed by atoms with E-state index in [9.17, 15) is 8.42 Å². The van der Waals surface area contributed by atoms with Gasteiger partial charge in [0.05, 0.1) is 4.90 Å². The minimum atomic E-state index is -3.56. The van der Waals surface area contributed by atoms with Crippen LogP contribution in [0.4, 0.5) is 0 Å². The van der Waals surface area contributed by atoms with Crippen molar-refractivity contribution in [1.29, 1.82) is 0 Å². The predicted molar refractivity (Wildman–Crippen MR) is 83.3 cm³/mol. The van der Waals surface area contributed by atoms with Gasteiger partial charge in [0.25, 0.3) is 0 Å². The van der Waals surface area contributed by atoms with E-state index in [0.29, 0.717) is 23.0 Å². The highest BCUT2D eigenvalue weighted by Crippen LogP contribution is 2.24. The van der Waals surface area contributed by atoms with Gasteiger partial charge in [-0.15, -0.1) is 0 Å². The van der Waals surface area contributed by atoms with E-state index in [-0.39, 0.29) is 17.4 Å². The maximum atomic E-state index is 12.4. The topological polar surface area (TPSA) is 72.2 Å². The molecule has 0 aliphatic carbocycles. The molecule has 1 rings (SSSR count). The number of hydrogen-bond donors (Lipinski definition) is 2. The Labute approximate surface area is 126 Å². The number of nitrogens with two attached hydrogens (primary N) is 1. The molecule has 1 atom stereocenters. The van der Waals surface area contributed by atoms with Gasteiger partial charge in [-0.25, -0.2) is 13.1 Å². The molecule has 1 unspecified atom stereocenters. The van der Waals surface area contributed by atoms with Crippen molar-refractivity contribution in [3.63, 3.8) is 0 Å². The maximum Gasteiger partial charge on any atom is 0.240 e. The Morgan fingerprint density at radius 2 is 1.90 bits per heavy atom. The van der Waals surface area contributed by atoms with E-state index in [1.165, 1.54) is 6.07 Å². The molecule has 4 nitrogen and oxygen atoms in total. The van der Waals surface area contributed by atoms with Crippen LogP contribution in [-0.4, -0.2) is 15.0 Å². The van der Waals surface area contributed by atoms with Gasteiger partial charge in [0.1, 0.15) is 0 Å². The average molecular weight is 319 g/mol. The van der Waals surface area contributed by atoms with Crippen molar-refractivity contribution >= 4 is 21.6 Å². The molecule has 0 saturated heterocycles. The number of halogens is 1. The second-order valence-corrected chi connectivity index (χ2v) is 7.64. The van der Waals surface area contributed by atoms with Gasteiger partial charge in [0, 0.05) is 18.1 Å². The van der Waals surface area contributed by atoms with Crippen LogP contribution >= 0.6 is 11.6 Å². The van der Waals surface area contributed by atoms with Crippen LogP contribution in [0.5, 0.6) is 0 Å². The van der Waals surface area contributed by atoms with Crippen LogP contribution in [0.2, 0.25) is 5.02 Å². The van der Waals surface area contributed by atoms with Gasteiger partial charge in [-0.2, -0.15) is 0 Å². The van der Waals surface area contributed by atoms with Gasteiger partial charge in [-0.05, 0) is 42.0 Å². The van der Waals surface area contributed by atoms with Crippen LogP contribution in [0, 0.1) is 18.8 Å². The van der Waals surface area contributed by atoms with Crippen LogP contribution in [0.1, 0.15) is 31.9 Å². The van der Waals surface area contributed by atoms with Crippen molar-refractivity contribution in [3.8, 4) is 0 Å². The number of benzene rings is 1. The summed E-state index contributed by atoms with van der Waals surface area (Å²) in [5.74, 6) is 0.677. The molecule has 0 aliphatic heterocycles. The number of hydrogen-bond acceptors (Lipinski definition) is 3. The lowest BCUT2D eigenvalue weighted by molar-refractivity contribution is 0.414. The molecule has 0 amide bonds. The van der Waals surface area contributed by atoms with E-state index in [1.807, 2.05) is 6.92 Å². The van der Waals surface area contributed by atoms with Gasteiger partial charge in [-0.3, -0.25) is 0 Å². The molecule has 0 aliphatic rings. The smallest absolute Gasteiger partial charge is 0.240 e. The van der Waals surface area contributed by atoms with Gasteiger partial charge in [0.15, 0.2) is 0 Å². The van der Waals surface area contributed by atoms with Crippen LogP contribution in [0.25, 0.3) is 0 Å². The number of sulfonamides is 1. The van der Waals surface area contributed by atoms with Gasteiger partial charge < -0.3 is 5.73 Å². The third kappa shape index (κ3) is 4.19. The summed E-state index contributed by atoms with van der Waals surface area (Å²) in [7, 11) is -3.56. The minimum Gasteiger partial charge on any atom is -0.326 e. The first-order valence-corrected chi connectivity index (χ1v) is 8.54. The van der Waals surface area contributed by atoms with E-state index in [1.54, 1.807) is 13.0 Å². The zero-order valence-corrected chi connectivity index (χ0v) is 14.0. The lowest BCUT2D eigenvalue weighted by Gasteiger charge is -2.18. The van der Waals surface area contributed by atoms with E-state index >= 15 is 0 Å². The summed E-state index contributed by atoms with van der Waals surface area (Å²) < 4.78 is 27.4. The Morgan fingerprint density at radius 1 is 1.30 bits per heavy atom. The number of rotatable bonds is 6. The third-order valence-electron chi connectivity index (χ3n) is 3.68. The van der Waals surface area contributed by atoms with Crippen molar-refractivity contribution in [2.75, 3.05) is 6.54 Å². The second-order valence-electron chi connectivity index (χ2n) is 5.47. The zero-order chi connectivity index (χ0) is 15.5. The maximum absolute atomic E-state index is 12.4. The van der Waals surface area contributed by atoms with E-state index < -0.39 is 10.0 Å². The highest BCUT2D eigenvalue weighted by molar-refractivity contribution is 7.89. The SMILES string of the molecule is Cc1c(CN)cc(Cl)cc1S(=O)(=O)NCC(C)C(C)C. The van der Waals surface area contributed by atoms with Crippen molar-refractivity contribution < 1.29 is 8.42 Å². The molecule has 0 heterocycles. The summed E-state index contributed by atoms with van der Waals surface area (Å²) in [4.78, 5) is 0.210. The predicted octanol–water partition coefficient (Wildman–Crippen LogP) is 2.68. The molecule has 1 aromatic rings. The standard InChI is InChI=1S/C14H23ClN2O2S/c1-9(2)10(3)8-17-20(18,19)14-6-13(15)5-12(7-16)11(14)4/h5-6,9-10,17H,7-8,16H2,1-4H3. The fourth-order valence-electron chi connectivity index (χ4n) is 1.75. The first-order valence-electron chi connectivity index (χ1n) is 6.67. The van der Waals surface area contributed by atoms with Crippen LogP contribution in [-0.2, 0) is 16.6 Å². The monoisotopic (exact) mass is 318 g/mol. The van der Waals surface area contributed by atoms with Crippen LogP contribution < -0.4 is 10.5 Å². The largest absolute Gasteiger partial charge is 0.326 e. The molecule has 0 spiro atoms. The molecule has 1 aromatic carbocycles. The van der Waals surface area contributed by atoms with E-state index in [4.69, 9.17) is 17.3 Å². The summed E-state index contributed by atoms with van der Waals surface area (Å²) in [5.41, 5.74) is 7.02. The fraction of sp³-hybridized carbons (Fsp3) is 0.571. The molecule has 3 N–H and O–H groups in total. The van der Waals surface area contributed by atoms with Crippen molar-refractivity contribution in [2.24, 2.45) is 17.6 Å². The van der Waals surface area contributed by atoms with Gasteiger partial charge >= 0.3 is 0 Å². The molecular weight excluding hydrogens is 296 g/mol. The Kier molecular flexibility index (Phi) is 6.01. The Bertz CT molecular complexity index is 571. The summed E-state index contributed by atoms with van der Waals surface area (Å²) in [5, 5.41) is 0.383. The lowest BCUT2D eigenvalue weighted by atomic mass is 9.99. The molecule has 0 radical (unpaired) electrons. The summed E-state index contributed by atoms with van der Waals surface area (Å²) in [6.07, 6.45) is 0. The highest BCUT2D eigenvalue weighted by atomic mass is 35.5. The summed E-state index contributed by atoms with van der Waals surface area (Å²) in [6, 6.07) is 3.17. The Balaban J connectivity index is 3.07. The van der Waals surface area contributed by atoms with Crippen LogP contribution in [0.3, 0.4) is 0 Å². The molecule has 0 aromatic heterocycles. The molecule has 114 valence electrons. The molecule has 20 heavy (non-hydrogen) atoms. The Hall–Kier alpha value is -0.620. The molecular formula is C14H23ClN2O2S. The minimum absolute atomic E-state index is 0.210. The fourth-order valence-corrected chi connectivity index (χ4v) is 3.51. The van der Waals surface area contributed by atoms with Crippen LogP contribution in [0.15, 0.2) is 17.0 Å². The summed E-state index contributed by atoms with van der Waals surface area (Å²) >= 11 is 5.97. The second kappa shape index (κ2) is 6.89. The molecule has 0 fully saturated rings. The summed E-state index contributed by atoms with van der Waals surface area (Å²) in [6.45, 7) is 8.57. The average Bonchev–Trinajstić information content (AvgIpc) is 2.37.